The molecule has 0 saturated carbocycles. The van der Waals surface area contributed by atoms with Crippen LogP contribution in [0, 0.1) is 11.3 Å². The van der Waals surface area contributed by atoms with Crippen LogP contribution in [0.4, 0.5) is 0 Å². The Morgan fingerprint density at radius 1 is 1.70 bits per heavy atom. The van der Waals surface area contributed by atoms with E-state index in [0.717, 1.165) is 6.42 Å². The van der Waals surface area contributed by atoms with Gasteiger partial charge in [0, 0.05) is 17.4 Å². The number of hydrogen-bond donors (Lipinski definition) is 0. The molecule has 50 valence electrons. The lowest BCUT2D eigenvalue weighted by Gasteiger charge is -1.82. The maximum Gasteiger partial charge on any atom is 0.0908 e. The van der Waals surface area contributed by atoms with Gasteiger partial charge < -0.3 is 0 Å². The van der Waals surface area contributed by atoms with Gasteiger partial charge in [-0.15, -0.1) is 11.3 Å². The molecule has 0 aliphatic rings. The van der Waals surface area contributed by atoms with Crippen molar-refractivity contribution in [3.8, 4) is 6.07 Å². The third-order valence-corrected chi connectivity index (χ3v) is 1.99. The second kappa shape index (κ2) is 3.86. The highest BCUT2D eigenvalue weighted by Gasteiger charge is 1.86. The van der Waals surface area contributed by atoms with Crippen molar-refractivity contribution in [3.05, 3.63) is 34.5 Å². The van der Waals surface area contributed by atoms with E-state index in [4.69, 9.17) is 5.26 Å². The van der Waals surface area contributed by atoms with Crippen LogP contribution in [0.2, 0.25) is 0 Å². The second-order valence-corrected chi connectivity index (χ2v) is 2.85. The summed E-state index contributed by atoms with van der Waals surface area (Å²) in [6.45, 7) is 0. The lowest BCUT2D eigenvalue weighted by Crippen LogP contribution is -1.69. The summed E-state index contributed by atoms with van der Waals surface area (Å²) in [6.07, 6.45) is 4.26. The van der Waals surface area contributed by atoms with Crippen LogP contribution in [0.3, 0.4) is 0 Å². The molecule has 0 spiro atoms. The molecule has 0 bridgehead atoms. The number of rotatable bonds is 2. The monoisotopic (exact) mass is 149 g/mol. The Morgan fingerprint density at radius 3 is 3.20 bits per heavy atom. The molecular weight excluding hydrogens is 142 g/mol. The predicted molar refractivity (Wildman–Crippen MR) is 42.8 cm³/mol. The van der Waals surface area contributed by atoms with E-state index in [1.54, 1.807) is 11.3 Å². The molecule has 0 unspecified atom stereocenters. The molecule has 1 nitrogen and oxygen atoms in total. The molecular formula is C8H7NS. The highest BCUT2D eigenvalue weighted by atomic mass is 32.1. The minimum atomic E-state index is 0.880. The summed E-state index contributed by atoms with van der Waals surface area (Å²) in [5, 5.41) is 10.2. The lowest BCUT2D eigenvalue weighted by molar-refractivity contribution is 1.34. The van der Waals surface area contributed by atoms with Gasteiger partial charge in [0.05, 0.1) is 6.07 Å². The highest BCUT2D eigenvalue weighted by Crippen LogP contribution is 2.08. The van der Waals surface area contributed by atoms with Crippen LogP contribution in [-0.2, 0) is 6.42 Å². The van der Waals surface area contributed by atoms with Crippen LogP contribution < -0.4 is 0 Å². The van der Waals surface area contributed by atoms with Crippen LogP contribution >= 0.6 is 11.3 Å². The van der Waals surface area contributed by atoms with Crippen molar-refractivity contribution < 1.29 is 0 Å². The third kappa shape index (κ3) is 2.04. The maximum absolute atomic E-state index is 8.16. The van der Waals surface area contributed by atoms with E-state index >= 15 is 0 Å². The van der Waals surface area contributed by atoms with Crippen molar-refractivity contribution in [2.45, 2.75) is 6.42 Å². The summed E-state index contributed by atoms with van der Waals surface area (Å²) in [6, 6.07) is 6.03. The van der Waals surface area contributed by atoms with Gasteiger partial charge >= 0.3 is 0 Å². The Hall–Kier alpha value is -1.07. The zero-order chi connectivity index (χ0) is 7.23. The fraction of sp³-hybridized carbons (Fsp3) is 0.125. The molecule has 1 heterocycles. The van der Waals surface area contributed by atoms with Crippen molar-refractivity contribution in [2.24, 2.45) is 0 Å². The van der Waals surface area contributed by atoms with Crippen molar-refractivity contribution in [3.63, 3.8) is 0 Å². The molecule has 0 fully saturated rings. The van der Waals surface area contributed by atoms with Gasteiger partial charge in [-0.25, -0.2) is 0 Å². The quantitative estimate of drug-likeness (QED) is 0.592. The number of allylic oxidation sites excluding steroid dienone is 2. The summed E-state index contributed by atoms with van der Waals surface area (Å²) in [4.78, 5) is 1.30. The molecule has 0 aliphatic heterocycles. The SMILES string of the molecule is N#CC=CCc1cccs1. The third-order valence-electron chi connectivity index (χ3n) is 1.09. The van der Waals surface area contributed by atoms with Crippen molar-refractivity contribution in [2.75, 3.05) is 0 Å². The topological polar surface area (TPSA) is 23.8 Å². The molecule has 0 N–H and O–H groups in total. The van der Waals surface area contributed by atoms with Gasteiger partial charge in [-0.3, -0.25) is 0 Å². The van der Waals surface area contributed by atoms with Crippen LogP contribution in [-0.4, -0.2) is 0 Å². The Labute approximate surface area is 64.2 Å². The van der Waals surface area contributed by atoms with Gasteiger partial charge in [0.1, 0.15) is 0 Å². The van der Waals surface area contributed by atoms with E-state index in [0.29, 0.717) is 0 Å². The van der Waals surface area contributed by atoms with Gasteiger partial charge in [0.2, 0.25) is 0 Å². The van der Waals surface area contributed by atoms with Gasteiger partial charge in [0.25, 0.3) is 0 Å². The number of nitriles is 1. The average molecular weight is 149 g/mol. The van der Waals surface area contributed by atoms with Crippen molar-refractivity contribution >= 4 is 11.3 Å². The Kier molecular flexibility index (Phi) is 2.72. The zero-order valence-corrected chi connectivity index (χ0v) is 6.27. The largest absolute Gasteiger partial charge is 0.193 e. The molecule has 0 aromatic carbocycles. The van der Waals surface area contributed by atoms with Gasteiger partial charge in [-0.05, 0) is 11.4 Å². The lowest BCUT2D eigenvalue weighted by atomic mass is 10.3. The number of nitrogens with zero attached hydrogens (tertiary/aromatic N) is 1. The maximum atomic E-state index is 8.16. The smallest absolute Gasteiger partial charge is 0.0908 e. The molecule has 10 heavy (non-hydrogen) atoms. The first-order valence-corrected chi connectivity index (χ1v) is 3.88. The molecule has 0 atom stereocenters. The normalized spacial score (nSPS) is 9.90. The van der Waals surface area contributed by atoms with E-state index in [2.05, 4.69) is 6.07 Å². The van der Waals surface area contributed by atoms with E-state index < -0.39 is 0 Å². The number of thiophene rings is 1. The Balaban J connectivity index is 2.43. The van der Waals surface area contributed by atoms with Crippen molar-refractivity contribution in [1.29, 1.82) is 5.26 Å². The fourth-order valence-electron chi connectivity index (χ4n) is 0.657. The van der Waals surface area contributed by atoms with Crippen LogP contribution in [0.1, 0.15) is 4.88 Å². The molecule has 1 rings (SSSR count). The summed E-state index contributed by atoms with van der Waals surface area (Å²) in [7, 11) is 0. The Bertz CT molecular complexity index is 241. The van der Waals surface area contributed by atoms with Crippen LogP contribution in [0.25, 0.3) is 0 Å². The summed E-state index contributed by atoms with van der Waals surface area (Å²) < 4.78 is 0. The minimum Gasteiger partial charge on any atom is -0.193 e. The van der Waals surface area contributed by atoms with Gasteiger partial charge in [-0.2, -0.15) is 5.26 Å². The van der Waals surface area contributed by atoms with E-state index in [1.807, 2.05) is 23.6 Å². The predicted octanol–water partition coefficient (Wildman–Crippen LogP) is 2.37. The fourth-order valence-corrected chi connectivity index (χ4v) is 1.34. The van der Waals surface area contributed by atoms with Crippen LogP contribution in [0.15, 0.2) is 29.7 Å². The molecule has 0 aliphatic carbocycles. The zero-order valence-electron chi connectivity index (χ0n) is 5.45. The Morgan fingerprint density at radius 2 is 2.60 bits per heavy atom. The summed E-state index contributed by atoms with van der Waals surface area (Å²) >= 11 is 1.71. The van der Waals surface area contributed by atoms with Gasteiger partial charge in [-0.1, -0.05) is 12.1 Å². The first-order chi connectivity index (χ1) is 4.93. The molecule has 0 saturated heterocycles. The number of hydrogen-bond acceptors (Lipinski definition) is 2. The molecule has 1 aromatic rings. The minimum absolute atomic E-state index is 0.880. The molecule has 2 heteroatoms. The average Bonchev–Trinajstić information content (AvgIpc) is 2.41. The van der Waals surface area contributed by atoms with Crippen LogP contribution in [0.5, 0.6) is 0 Å². The summed E-state index contributed by atoms with van der Waals surface area (Å²) in [5.74, 6) is 0. The standard InChI is InChI=1S/C8H7NS/c9-6-2-1-4-8-5-3-7-10-8/h1-3,5,7H,4H2. The second-order valence-electron chi connectivity index (χ2n) is 1.81. The van der Waals surface area contributed by atoms with E-state index in [1.165, 1.54) is 11.0 Å². The molecule has 1 aromatic heterocycles. The van der Waals surface area contributed by atoms with E-state index in [9.17, 15) is 0 Å². The van der Waals surface area contributed by atoms with Crippen molar-refractivity contribution in [1.82, 2.24) is 0 Å². The van der Waals surface area contributed by atoms with Gasteiger partial charge in [0.15, 0.2) is 0 Å². The van der Waals surface area contributed by atoms with E-state index in [-0.39, 0.29) is 0 Å². The molecule has 0 amide bonds. The summed E-state index contributed by atoms with van der Waals surface area (Å²) in [5.41, 5.74) is 0. The molecule has 0 radical (unpaired) electrons. The highest BCUT2D eigenvalue weighted by molar-refractivity contribution is 7.09. The first kappa shape index (κ1) is 7.04. The first-order valence-electron chi connectivity index (χ1n) is 3.00.